The SMILES string of the molecule is CCc1ccc(C)c(C(N)=O)c1F. The molecule has 1 rings (SSSR count). The van der Waals surface area contributed by atoms with E-state index in [9.17, 15) is 9.18 Å². The number of halogens is 1. The Hall–Kier alpha value is -1.38. The molecule has 0 heterocycles. The van der Waals surface area contributed by atoms with Crippen LogP contribution in [0.3, 0.4) is 0 Å². The van der Waals surface area contributed by atoms with Crippen LogP contribution in [0.25, 0.3) is 0 Å². The minimum Gasteiger partial charge on any atom is -0.365 e. The molecule has 0 saturated carbocycles. The molecular formula is C10H12FNO. The lowest BCUT2D eigenvalue weighted by atomic mass is 10.0. The molecule has 13 heavy (non-hydrogen) atoms. The highest BCUT2D eigenvalue weighted by Crippen LogP contribution is 2.17. The van der Waals surface area contributed by atoms with E-state index in [4.69, 9.17) is 5.73 Å². The van der Waals surface area contributed by atoms with Crippen LogP contribution < -0.4 is 5.73 Å². The fourth-order valence-electron chi connectivity index (χ4n) is 1.29. The molecule has 2 nitrogen and oxygen atoms in total. The summed E-state index contributed by atoms with van der Waals surface area (Å²) >= 11 is 0. The summed E-state index contributed by atoms with van der Waals surface area (Å²) in [7, 11) is 0. The number of carbonyl (C=O) groups is 1. The number of amides is 1. The van der Waals surface area contributed by atoms with E-state index in [1.165, 1.54) is 0 Å². The Morgan fingerprint density at radius 3 is 2.62 bits per heavy atom. The van der Waals surface area contributed by atoms with Crippen LogP contribution in [0.4, 0.5) is 4.39 Å². The van der Waals surface area contributed by atoms with Crippen LogP contribution in [-0.4, -0.2) is 5.91 Å². The minimum absolute atomic E-state index is 0.0133. The topological polar surface area (TPSA) is 43.1 Å². The number of carbonyl (C=O) groups excluding carboxylic acids is 1. The van der Waals surface area contributed by atoms with Crippen LogP contribution in [0.15, 0.2) is 12.1 Å². The van der Waals surface area contributed by atoms with Crippen molar-refractivity contribution in [3.8, 4) is 0 Å². The summed E-state index contributed by atoms with van der Waals surface area (Å²) in [5, 5.41) is 0. The highest BCUT2D eigenvalue weighted by atomic mass is 19.1. The van der Waals surface area contributed by atoms with Crippen molar-refractivity contribution in [2.45, 2.75) is 20.3 Å². The second kappa shape index (κ2) is 3.56. The Kier molecular flexibility index (Phi) is 2.66. The second-order valence-electron chi connectivity index (χ2n) is 2.95. The third-order valence-corrected chi connectivity index (χ3v) is 2.06. The van der Waals surface area contributed by atoms with Gasteiger partial charge in [0.15, 0.2) is 0 Å². The summed E-state index contributed by atoms with van der Waals surface area (Å²) in [6, 6.07) is 3.39. The van der Waals surface area contributed by atoms with E-state index < -0.39 is 11.7 Å². The molecular weight excluding hydrogens is 169 g/mol. The number of rotatable bonds is 2. The summed E-state index contributed by atoms with van der Waals surface area (Å²) < 4.78 is 13.5. The van der Waals surface area contributed by atoms with Gasteiger partial charge in [-0.3, -0.25) is 4.79 Å². The van der Waals surface area contributed by atoms with Crippen LogP contribution in [0.5, 0.6) is 0 Å². The van der Waals surface area contributed by atoms with E-state index in [1.807, 2.05) is 6.92 Å². The Balaban J connectivity index is 3.38. The maximum Gasteiger partial charge on any atom is 0.251 e. The molecule has 3 heteroatoms. The molecule has 70 valence electrons. The quantitative estimate of drug-likeness (QED) is 0.742. The summed E-state index contributed by atoms with van der Waals surface area (Å²) in [5.41, 5.74) is 6.19. The molecule has 2 N–H and O–H groups in total. The van der Waals surface area contributed by atoms with E-state index in [0.717, 1.165) is 0 Å². The first-order chi connectivity index (χ1) is 6.07. The van der Waals surface area contributed by atoms with Crippen LogP contribution in [0.1, 0.15) is 28.4 Å². The van der Waals surface area contributed by atoms with Crippen molar-refractivity contribution in [1.82, 2.24) is 0 Å². The Labute approximate surface area is 76.6 Å². The smallest absolute Gasteiger partial charge is 0.251 e. The Bertz CT molecular complexity index is 347. The summed E-state index contributed by atoms with van der Waals surface area (Å²) in [5.74, 6) is -1.18. The average molecular weight is 181 g/mol. The maximum atomic E-state index is 13.5. The highest BCUT2D eigenvalue weighted by Gasteiger charge is 2.14. The molecule has 0 spiro atoms. The number of benzene rings is 1. The van der Waals surface area contributed by atoms with Gasteiger partial charge in [-0.25, -0.2) is 4.39 Å². The van der Waals surface area contributed by atoms with Gasteiger partial charge in [-0.2, -0.15) is 0 Å². The predicted octanol–water partition coefficient (Wildman–Crippen LogP) is 1.80. The Morgan fingerprint density at radius 1 is 1.54 bits per heavy atom. The van der Waals surface area contributed by atoms with Crippen molar-refractivity contribution in [2.75, 3.05) is 0 Å². The first-order valence-electron chi connectivity index (χ1n) is 4.15. The van der Waals surface area contributed by atoms with Crippen molar-refractivity contribution in [3.05, 3.63) is 34.6 Å². The lowest BCUT2D eigenvalue weighted by Crippen LogP contribution is -2.16. The summed E-state index contributed by atoms with van der Waals surface area (Å²) in [6.07, 6.45) is 0.562. The van der Waals surface area contributed by atoms with Crippen LogP contribution in [0, 0.1) is 12.7 Å². The molecule has 1 aromatic carbocycles. The van der Waals surface area contributed by atoms with Crippen molar-refractivity contribution < 1.29 is 9.18 Å². The maximum absolute atomic E-state index is 13.5. The summed E-state index contributed by atoms with van der Waals surface area (Å²) in [4.78, 5) is 10.9. The molecule has 0 aliphatic heterocycles. The highest BCUT2D eigenvalue weighted by molar-refractivity contribution is 5.94. The van der Waals surface area contributed by atoms with Gasteiger partial charge in [0, 0.05) is 0 Å². The molecule has 1 amide bonds. The monoisotopic (exact) mass is 181 g/mol. The second-order valence-corrected chi connectivity index (χ2v) is 2.95. The zero-order chi connectivity index (χ0) is 10.0. The zero-order valence-corrected chi connectivity index (χ0v) is 7.73. The molecule has 0 aliphatic carbocycles. The van der Waals surface area contributed by atoms with E-state index in [2.05, 4.69) is 0 Å². The molecule has 0 bridgehead atoms. The first kappa shape index (κ1) is 9.71. The fraction of sp³-hybridized carbons (Fsp3) is 0.300. The van der Waals surface area contributed by atoms with Crippen molar-refractivity contribution >= 4 is 5.91 Å². The van der Waals surface area contributed by atoms with E-state index in [-0.39, 0.29) is 5.56 Å². The van der Waals surface area contributed by atoms with Gasteiger partial charge in [-0.1, -0.05) is 19.1 Å². The number of hydrogen-bond acceptors (Lipinski definition) is 1. The van der Waals surface area contributed by atoms with Crippen LogP contribution in [0.2, 0.25) is 0 Å². The van der Waals surface area contributed by atoms with Gasteiger partial charge >= 0.3 is 0 Å². The molecule has 0 radical (unpaired) electrons. The van der Waals surface area contributed by atoms with Crippen molar-refractivity contribution in [2.24, 2.45) is 5.73 Å². The fourth-order valence-corrected chi connectivity index (χ4v) is 1.29. The molecule has 0 aromatic heterocycles. The lowest BCUT2D eigenvalue weighted by molar-refractivity contribution is 0.0995. The van der Waals surface area contributed by atoms with Gasteiger partial charge < -0.3 is 5.73 Å². The van der Waals surface area contributed by atoms with Crippen molar-refractivity contribution in [1.29, 1.82) is 0 Å². The largest absolute Gasteiger partial charge is 0.365 e. The van der Waals surface area contributed by atoms with Gasteiger partial charge in [0.1, 0.15) is 5.82 Å². The van der Waals surface area contributed by atoms with Gasteiger partial charge in [0.2, 0.25) is 0 Å². The van der Waals surface area contributed by atoms with E-state index in [0.29, 0.717) is 17.5 Å². The molecule has 0 unspecified atom stereocenters. The lowest BCUT2D eigenvalue weighted by Gasteiger charge is -2.06. The standard InChI is InChI=1S/C10H12FNO/c1-3-7-5-4-6(2)8(9(7)11)10(12)13/h4-5H,3H2,1-2H3,(H2,12,13). The van der Waals surface area contributed by atoms with Gasteiger partial charge in [-0.05, 0) is 24.5 Å². The van der Waals surface area contributed by atoms with Gasteiger partial charge in [-0.15, -0.1) is 0 Å². The molecule has 0 fully saturated rings. The number of primary amides is 1. The molecule has 1 aromatic rings. The zero-order valence-electron chi connectivity index (χ0n) is 7.73. The first-order valence-corrected chi connectivity index (χ1v) is 4.15. The Morgan fingerprint density at radius 2 is 2.15 bits per heavy atom. The van der Waals surface area contributed by atoms with Gasteiger partial charge in [0.05, 0.1) is 5.56 Å². The summed E-state index contributed by atoms with van der Waals surface area (Å²) in [6.45, 7) is 3.50. The number of nitrogens with two attached hydrogens (primary N) is 1. The van der Waals surface area contributed by atoms with E-state index in [1.54, 1.807) is 19.1 Å². The minimum atomic E-state index is -0.703. The third kappa shape index (κ3) is 1.69. The average Bonchev–Trinajstić information content (AvgIpc) is 2.04. The van der Waals surface area contributed by atoms with E-state index >= 15 is 0 Å². The molecule has 0 atom stereocenters. The third-order valence-electron chi connectivity index (χ3n) is 2.06. The van der Waals surface area contributed by atoms with Crippen LogP contribution in [-0.2, 0) is 6.42 Å². The van der Waals surface area contributed by atoms with Crippen molar-refractivity contribution in [3.63, 3.8) is 0 Å². The number of aryl methyl sites for hydroxylation is 2. The molecule has 0 saturated heterocycles. The predicted molar refractivity (Wildman–Crippen MR) is 49.0 cm³/mol. The van der Waals surface area contributed by atoms with Gasteiger partial charge in [0.25, 0.3) is 5.91 Å². The normalized spacial score (nSPS) is 10.1. The van der Waals surface area contributed by atoms with Crippen LogP contribution >= 0.6 is 0 Å². The molecule has 0 aliphatic rings. The number of hydrogen-bond donors (Lipinski definition) is 1.